The van der Waals surface area contributed by atoms with Gasteiger partial charge in [-0.2, -0.15) is 0 Å². The van der Waals surface area contributed by atoms with Crippen molar-refractivity contribution in [2.75, 3.05) is 40.9 Å². The van der Waals surface area contributed by atoms with Gasteiger partial charge in [-0.25, -0.2) is 9.45 Å². The molecule has 0 saturated heterocycles. The maximum atomic E-state index is 12.6. The smallest absolute Gasteiger partial charge is 0.393 e. The van der Waals surface area contributed by atoms with Crippen LogP contribution in [0.15, 0.2) is 0 Å². The minimum atomic E-state index is -4.56. The van der Waals surface area contributed by atoms with E-state index in [0.717, 1.165) is 19.3 Å². The maximum Gasteiger partial charge on any atom is 0.473 e. The molecule has 0 bridgehead atoms. The number of aliphatic hydroxyl groups is 1. The molecule has 29 heavy (non-hydrogen) atoms. The predicted molar refractivity (Wildman–Crippen MR) is 110 cm³/mol. The number of aliphatic hydroxyl groups excluding tert-OH is 1. The first-order chi connectivity index (χ1) is 13.5. The summed E-state index contributed by atoms with van der Waals surface area (Å²) < 4.78 is 22.4. The van der Waals surface area contributed by atoms with Crippen molar-refractivity contribution >= 4 is 13.6 Å². The molecular formula is C19H41NO8P+. The van der Waals surface area contributed by atoms with Gasteiger partial charge in [-0.15, -0.1) is 0 Å². The minimum absolute atomic E-state index is 0.212. The summed E-state index contributed by atoms with van der Waals surface area (Å²) in [5, 5.41) is 17.5. The molecule has 3 N–H and O–H groups in total. The van der Waals surface area contributed by atoms with E-state index >= 15 is 0 Å². The zero-order valence-electron chi connectivity index (χ0n) is 18.4. The van der Waals surface area contributed by atoms with Gasteiger partial charge in [0.1, 0.15) is 12.6 Å². The van der Waals surface area contributed by atoms with Gasteiger partial charge in [-0.1, -0.05) is 51.9 Å². The Bertz CT molecular complexity index is 479. The third-order valence-electron chi connectivity index (χ3n) is 4.39. The number of Topliss-reactive ketones (excluding diaryl/α,β-unsaturated/α-hetero) is 1. The Morgan fingerprint density at radius 2 is 1.59 bits per heavy atom. The summed E-state index contributed by atoms with van der Waals surface area (Å²) in [6, 6.07) is 0. The zero-order chi connectivity index (χ0) is 22.3. The molecule has 0 aromatic carbocycles. The van der Waals surface area contributed by atoms with Gasteiger partial charge in [0, 0.05) is 6.42 Å². The number of hydrogen-bond donors (Lipinski definition) is 3. The standard InChI is InChI=1S/C19H40NO8P/c1-5-6-7-8-9-10-11-12-13-18(22)19(14-20(2,3)4)28-29(24,25)26-16-17(15-21)27-23/h17,19,21H,5-16H2,1-4H3,(H-,23,24,25)/p+1/t17-,19?/m1/s1. The zero-order valence-corrected chi connectivity index (χ0v) is 19.3. The SMILES string of the molecule is CCCCCCCCCCC(=O)C(C[N+](C)(C)C)OP(=O)(O)OC[C@@H](CO)OO. The summed E-state index contributed by atoms with van der Waals surface area (Å²) >= 11 is 0. The Morgan fingerprint density at radius 1 is 1.03 bits per heavy atom. The van der Waals surface area contributed by atoms with Crippen LogP contribution in [0.5, 0.6) is 0 Å². The molecule has 0 amide bonds. The molecule has 0 aliphatic heterocycles. The molecule has 10 heteroatoms. The van der Waals surface area contributed by atoms with E-state index in [-0.39, 0.29) is 18.7 Å². The van der Waals surface area contributed by atoms with Gasteiger partial charge < -0.3 is 14.5 Å². The van der Waals surface area contributed by atoms with Crippen LogP contribution in [0, 0.1) is 0 Å². The molecule has 0 heterocycles. The van der Waals surface area contributed by atoms with Crippen molar-refractivity contribution in [1.29, 1.82) is 0 Å². The van der Waals surface area contributed by atoms with Gasteiger partial charge in [0.25, 0.3) is 0 Å². The number of phosphoric ester groups is 1. The minimum Gasteiger partial charge on any atom is -0.393 e. The average molecular weight is 443 g/mol. The van der Waals surface area contributed by atoms with E-state index in [2.05, 4.69) is 11.8 Å². The van der Waals surface area contributed by atoms with E-state index in [9.17, 15) is 14.3 Å². The van der Waals surface area contributed by atoms with E-state index < -0.39 is 33.2 Å². The normalized spacial score (nSPS) is 16.4. The highest BCUT2D eigenvalue weighted by Gasteiger charge is 2.35. The van der Waals surface area contributed by atoms with Crippen LogP contribution in [0.25, 0.3) is 0 Å². The third-order valence-corrected chi connectivity index (χ3v) is 5.38. The van der Waals surface area contributed by atoms with E-state index in [0.29, 0.717) is 10.9 Å². The number of unbranched alkanes of at least 4 members (excludes halogenated alkanes) is 7. The Hall–Kier alpha value is -0.380. The van der Waals surface area contributed by atoms with Gasteiger partial charge in [-0.3, -0.25) is 19.1 Å². The van der Waals surface area contributed by atoms with Crippen LogP contribution in [0.1, 0.15) is 64.7 Å². The van der Waals surface area contributed by atoms with Crippen LogP contribution in [-0.4, -0.2) is 78.6 Å². The highest BCUT2D eigenvalue weighted by molar-refractivity contribution is 7.47. The Kier molecular flexibility index (Phi) is 15.2. The topological polar surface area (TPSA) is 123 Å². The van der Waals surface area contributed by atoms with Crippen LogP contribution in [0.3, 0.4) is 0 Å². The van der Waals surface area contributed by atoms with Crippen LogP contribution in [0.4, 0.5) is 0 Å². The van der Waals surface area contributed by atoms with E-state index in [1.807, 2.05) is 21.1 Å². The number of quaternary nitrogens is 1. The van der Waals surface area contributed by atoms with Gasteiger partial charge in [0.05, 0.1) is 34.4 Å². The highest BCUT2D eigenvalue weighted by Crippen LogP contribution is 2.45. The van der Waals surface area contributed by atoms with Crippen molar-refractivity contribution in [3.8, 4) is 0 Å². The molecule has 2 unspecified atom stereocenters. The second-order valence-corrected chi connectivity index (χ2v) is 9.84. The monoisotopic (exact) mass is 442 g/mol. The second kappa shape index (κ2) is 15.4. The quantitative estimate of drug-likeness (QED) is 0.0917. The number of rotatable bonds is 19. The van der Waals surface area contributed by atoms with Crippen molar-refractivity contribution < 1.29 is 43.0 Å². The van der Waals surface area contributed by atoms with Gasteiger partial charge in [0.2, 0.25) is 0 Å². The molecule has 0 rings (SSSR count). The van der Waals surface area contributed by atoms with Crippen molar-refractivity contribution in [1.82, 2.24) is 0 Å². The number of nitrogens with zero attached hydrogens (tertiary/aromatic N) is 1. The summed E-state index contributed by atoms with van der Waals surface area (Å²) in [6.45, 7) is 1.24. The van der Waals surface area contributed by atoms with Crippen molar-refractivity contribution in [2.24, 2.45) is 0 Å². The summed E-state index contributed by atoms with van der Waals surface area (Å²) in [6.07, 6.45) is 6.84. The summed E-state index contributed by atoms with van der Waals surface area (Å²) in [5.41, 5.74) is 0. The molecule has 0 aromatic rings. The lowest BCUT2D eigenvalue weighted by Crippen LogP contribution is -2.45. The highest BCUT2D eigenvalue weighted by atomic mass is 31.2. The fourth-order valence-electron chi connectivity index (χ4n) is 2.77. The Labute approximate surface area is 175 Å². The number of carbonyl (C=O) groups excluding carboxylic acids is 1. The second-order valence-electron chi connectivity index (χ2n) is 8.43. The van der Waals surface area contributed by atoms with Gasteiger partial charge >= 0.3 is 7.82 Å². The molecule has 9 nitrogen and oxygen atoms in total. The molecule has 0 aliphatic carbocycles. The lowest BCUT2D eigenvalue weighted by Gasteiger charge is -2.29. The number of hydrogen-bond acceptors (Lipinski definition) is 7. The van der Waals surface area contributed by atoms with Crippen LogP contribution in [-0.2, 0) is 23.3 Å². The molecule has 0 aromatic heterocycles. The van der Waals surface area contributed by atoms with Gasteiger partial charge in [-0.05, 0) is 6.42 Å². The van der Waals surface area contributed by atoms with Crippen LogP contribution >= 0.6 is 7.82 Å². The number of ketones is 1. The van der Waals surface area contributed by atoms with Crippen LogP contribution < -0.4 is 0 Å². The van der Waals surface area contributed by atoms with E-state index in [1.165, 1.54) is 25.7 Å². The summed E-state index contributed by atoms with van der Waals surface area (Å²) in [7, 11) is 0.993. The third kappa shape index (κ3) is 16.0. The predicted octanol–water partition coefficient (Wildman–Crippen LogP) is 3.15. The van der Waals surface area contributed by atoms with Crippen molar-refractivity contribution in [2.45, 2.75) is 76.9 Å². The van der Waals surface area contributed by atoms with Gasteiger partial charge in [0.15, 0.2) is 11.9 Å². The Morgan fingerprint density at radius 3 is 2.07 bits per heavy atom. The fourth-order valence-corrected chi connectivity index (χ4v) is 3.69. The fraction of sp³-hybridized carbons (Fsp3) is 0.947. The van der Waals surface area contributed by atoms with Crippen LogP contribution in [0.2, 0.25) is 0 Å². The first-order valence-electron chi connectivity index (χ1n) is 10.4. The molecule has 0 aliphatic rings. The number of likely N-dealkylation sites (N-methyl/N-ethyl adjacent to an activating group) is 1. The number of phosphoric acid groups is 1. The molecule has 174 valence electrons. The first kappa shape index (κ1) is 28.6. The lowest BCUT2D eigenvalue weighted by atomic mass is 10.0. The molecule has 0 spiro atoms. The molecule has 0 radical (unpaired) electrons. The maximum absolute atomic E-state index is 12.6. The lowest BCUT2D eigenvalue weighted by molar-refractivity contribution is -0.872. The summed E-state index contributed by atoms with van der Waals surface area (Å²) in [5.74, 6) is -0.237. The number of carbonyl (C=O) groups is 1. The van der Waals surface area contributed by atoms with Crippen molar-refractivity contribution in [3.05, 3.63) is 0 Å². The molecule has 0 saturated carbocycles. The van der Waals surface area contributed by atoms with Crippen molar-refractivity contribution in [3.63, 3.8) is 0 Å². The molecule has 3 atom stereocenters. The van der Waals surface area contributed by atoms with E-state index in [1.54, 1.807) is 0 Å². The molecular weight excluding hydrogens is 401 g/mol. The molecule has 0 fully saturated rings. The largest absolute Gasteiger partial charge is 0.473 e. The van der Waals surface area contributed by atoms with E-state index in [4.69, 9.17) is 19.4 Å². The summed E-state index contributed by atoms with van der Waals surface area (Å²) in [4.78, 5) is 26.4. The first-order valence-corrected chi connectivity index (χ1v) is 11.9. The average Bonchev–Trinajstić information content (AvgIpc) is 2.62. The Balaban J connectivity index is 4.55.